The summed E-state index contributed by atoms with van der Waals surface area (Å²) in [5, 5.41) is 3.16. The van der Waals surface area contributed by atoms with Crippen LogP contribution in [0.4, 0.5) is 4.39 Å². The molecule has 0 aliphatic rings. The van der Waals surface area contributed by atoms with Gasteiger partial charge in [0.2, 0.25) is 21.8 Å². The lowest BCUT2D eigenvalue weighted by molar-refractivity contribution is -0.141. The summed E-state index contributed by atoms with van der Waals surface area (Å²) in [4.78, 5) is 28.1. The van der Waals surface area contributed by atoms with Crippen molar-refractivity contribution in [2.75, 3.05) is 20.1 Å². The van der Waals surface area contributed by atoms with E-state index < -0.39 is 34.3 Å². The zero-order chi connectivity index (χ0) is 27.0. The van der Waals surface area contributed by atoms with Gasteiger partial charge in [0.1, 0.15) is 11.9 Å². The van der Waals surface area contributed by atoms with Crippen molar-refractivity contribution in [3.8, 4) is 0 Å². The van der Waals surface area contributed by atoms with E-state index in [-0.39, 0.29) is 23.8 Å². The number of amides is 2. The summed E-state index contributed by atoms with van der Waals surface area (Å²) in [6.07, 6.45) is 0.216. The van der Waals surface area contributed by atoms with E-state index >= 15 is 0 Å². The van der Waals surface area contributed by atoms with Crippen molar-refractivity contribution in [1.29, 1.82) is 0 Å². The van der Waals surface area contributed by atoms with E-state index in [1.54, 1.807) is 6.92 Å². The summed E-state index contributed by atoms with van der Waals surface area (Å²) in [5.74, 6) is -1.37. The van der Waals surface area contributed by atoms with Gasteiger partial charge in [0, 0.05) is 31.6 Å². The quantitative estimate of drug-likeness (QED) is 0.396. The molecule has 0 heterocycles. The first-order valence-corrected chi connectivity index (χ1v) is 13.5. The zero-order valence-corrected chi connectivity index (χ0v) is 22.2. The van der Waals surface area contributed by atoms with Crippen LogP contribution in [0.1, 0.15) is 18.1 Å². The van der Waals surface area contributed by atoms with E-state index in [1.165, 1.54) is 60.5 Å². The van der Waals surface area contributed by atoms with Crippen LogP contribution in [0.15, 0.2) is 83.8 Å². The number of nitrogens with zero attached hydrogens (tertiary/aromatic N) is 2. The van der Waals surface area contributed by atoms with Crippen molar-refractivity contribution in [1.82, 2.24) is 14.5 Å². The smallest absolute Gasteiger partial charge is 0.243 e. The molecule has 0 aromatic heterocycles. The lowest BCUT2D eigenvalue weighted by Gasteiger charge is -2.32. The normalized spacial score (nSPS) is 12.2. The molecule has 1 N–H and O–H groups in total. The molecule has 1 atom stereocenters. The SMILES string of the molecule is CCNC(=O)C(Cc1ccccc1)N(Cc1ccc(F)cc1)C(=O)CN(C)S(=O)(=O)c1ccc(Cl)cc1. The molecule has 37 heavy (non-hydrogen) atoms. The molecule has 0 aliphatic carbocycles. The second-order valence-electron chi connectivity index (χ2n) is 8.46. The van der Waals surface area contributed by atoms with Crippen molar-refractivity contribution in [2.45, 2.75) is 30.8 Å². The van der Waals surface area contributed by atoms with Crippen LogP contribution in [0, 0.1) is 5.82 Å². The third-order valence-corrected chi connectivity index (χ3v) is 7.84. The Morgan fingerprint density at radius 3 is 2.16 bits per heavy atom. The molecule has 0 saturated heterocycles. The number of carbonyl (C=O) groups is 2. The Morgan fingerprint density at radius 1 is 0.946 bits per heavy atom. The topological polar surface area (TPSA) is 86.8 Å². The van der Waals surface area contributed by atoms with E-state index in [4.69, 9.17) is 11.6 Å². The summed E-state index contributed by atoms with van der Waals surface area (Å²) < 4.78 is 40.6. The molecule has 3 aromatic rings. The number of halogens is 2. The van der Waals surface area contributed by atoms with Gasteiger partial charge in [0.25, 0.3) is 0 Å². The first kappa shape index (κ1) is 28.3. The van der Waals surface area contributed by atoms with E-state index in [1.807, 2.05) is 30.3 Å². The minimum absolute atomic E-state index is 0.0113. The summed E-state index contributed by atoms with van der Waals surface area (Å²) in [6, 6.07) is 19.5. The molecule has 0 fully saturated rings. The van der Waals surface area contributed by atoms with Crippen LogP contribution >= 0.6 is 11.6 Å². The Balaban J connectivity index is 1.94. The van der Waals surface area contributed by atoms with Crippen LogP contribution in [-0.4, -0.2) is 55.6 Å². The number of hydrogen-bond acceptors (Lipinski definition) is 4. The van der Waals surface area contributed by atoms with Crippen molar-refractivity contribution in [3.63, 3.8) is 0 Å². The van der Waals surface area contributed by atoms with Crippen LogP contribution in [0.3, 0.4) is 0 Å². The van der Waals surface area contributed by atoms with Crippen LogP contribution < -0.4 is 5.32 Å². The Morgan fingerprint density at radius 2 is 1.57 bits per heavy atom. The Labute approximate surface area is 221 Å². The van der Waals surface area contributed by atoms with Gasteiger partial charge < -0.3 is 10.2 Å². The molecular weight excluding hydrogens is 517 g/mol. The van der Waals surface area contributed by atoms with Gasteiger partial charge in [-0.1, -0.05) is 54.1 Å². The first-order valence-electron chi connectivity index (χ1n) is 11.7. The molecule has 7 nitrogen and oxygen atoms in total. The van der Waals surface area contributed by atoms with Gasteiger partial charge in [0.15, 0.2) is 0 Å². The average Bonchev–Trinajstić information content (AvgIpc) is 2.88. The van der Waals surface area contributed by atoms with Crippen LogP contribution in [-0.2, 0) is 32.6 Å². The predicted molar refractivity (Wildman–Crippen MR) is 141 cm³/mol. The maximum atomic E-state index is 13.6. The molecule has 3 aromatic carbocycles. The largest absolute Gasteiger partial charge is 0.355 e. The second-order valence-corrected chi connectivity index (χ2v) is 10.9. The van der Waals surface area contributed by atoms with Crippen molar-refractivity contribution < 1.29 is 22.4 Å². The van der Waals surface area contributed by atoms with Gasteiger partial charge >= 0.3 is 0 Å². The summed E-state index contributed by atoms with van der Waals surface area (Å²) in [7, 11) is -2.70. The van der Waals surface area contributed by atoms with Crippen LogP contribution in [0.5, 0.6) is 0 Å². The number of carbonyl (C=O) groups excluding carboxylic acids is 2. The van der Waals surface area contributed by atoms with Crippen molar-refractivity contribution in [2.24, 2.45) is 0 Å². The van der Waals surface area contributed by atoms with Crippen molar-refractivity contribution in [3.05, 3.63) is 101 Å². The molecule has 10 heteroatoms. The molecule has 2 amide bonds. The molecule has 0 saturated carbocycles. The molecule has 196 valence electrons. The molecule has 1 unspecified atom stereocenters. The van der Waals surface area contributed by atoms with Crippen LogP contribution in [0.25, 0.3) is 0 Å². The zero-order valence-electron chi connectivity index (χ0n) is 20.6. The number of hydrogen-bond donors (Lipinski definition) is 1. The van der Waals surface area contributed by atoms with Gasteiger partial charge in [-0.15, -0.1) is 0 Å². The Hall–Kier alpha value is -3.27. The number of benzene rings is 3. The molecule has 0 bridgehead atoms. The van der Waals surface area contributed by atoms with Gasteiger partial charge in [0.05, 0.1) is 11.4 Å². The van der Waals surface area contributed by atoms with Gasteiger partial charge in [-0.05, 0) is 54.4 Å². The molecule has 0 spiro atoms. The number of rotatable bonds is 11. The first-order chi connectivity index (χ1) is 17.6. The number of nitrogens with one attached hydrogen (secondary N) is 1. The van der Waals surface area contributed by atoms with Gasteiger partial charge in [-0.25, -0.2) is 12.8 Å². The fraction of sp³-hybridized carbons (Fsp3) is 0.259. The standard InChI is InChI=1S/C27H29ClFN3O4S/c1-3-30-27(34)25(17-20-7-5-4-6-8-20)32(18-21-9-13-23(29)14-10-21)26(33)19-31(2)37(35,36)24-15-11-22(28)12-16-24/h4-16,25H,3,17-19H2,1-2H3,(H,30,34). The van der Waals surface area contributed by atoms with Gasteiger partial charge in [-0.3, -0.25) is 9.59 Å². The van der Waals surface area contributed by atoms with E-state index in [9.17, 15) is 22.4 Å². The average molecular weight is 546 g/mol. The predicted octanol–water partition coefficient (Wildman–Crippen LogP) is 3.88. The monoisotopic (exact) mass is 545 g/mol. The number of sulfonamides is 1. The highest BCUT2D eigenvalue weighted by molar-refractivity contribution is 7.89. The minimum atomic E-state index is -4.00. The molecule has 0 aliphatic heterocycles. The van der Waals surface area contributed by atoms with Crippen LogP contribution in [0.2, 0.25) is 5.02 Å². The fourth-order valence-corrected chi connectivity index (χ4v) is 5.03. The Kier molecular flexibility index (Phi) is 9.79. The molecule has 0 radical (unpaired) electrons. The summed E-state index contributed by atoms with van der Waals surface area (Å²) in [6.45, 7) is 1.61. The third kappa shape index (κ3) is 7.61. The van der Waals surface area contributed by atoms with E-state index in [0.717, 1.165) is 9.87 Å². The lowest BCUT2D eigenvalue weighted by atomic mass is 10.0. The van der Waals surface area contributed by atoms with Gasteiger partial charge in [-0.2, -0.15) is 4.31 Å². The van der Waals surface area contributed by atoms with Crippen molar-refractivity contribution >= 4 is 33.4 Å². The summed E-state index contributed by atoms with van der Waals surface area (Å²) in [5.41, 5.74) is 1.43. The lowest BCUT2D eigenvalue weighted by Crippen LogP contribution is -2.53. The minimum Gasteiger partial charge on any atom is -0.355 e. The van der Waals surface area contributed by atoms with E-state index in [0.29, 0.717) is 17.1 Å². The molecule has 3 rings (SSSR count). The number of likely N-dealkylation sites (N-methyl/N-ethyl adjacent to an activating group) is 2. The summed E-state index contributed by atoms with van der Waals surface area (Å²) >= 11 is 5.88. The maximum absolute atomic E-state index is 13.6. The third-order valence-electron chi connectivity index (χ3n) is 5.77. The maximum Gasteiger partial charge on any atom is 0.243 e. The Bertz CT molecular complexity index is 1300. The highest BCUT2D eigenvalue weighted by atomic mass is 35.5. The second kappa shape index (κ2) is 12.8. The highest BCUT2D eigenvalue weighted by Crippen LogP contribution is 2.20. The fourth-order valence-electron chi connectivity index (χ4n) is 3.79. The molecular formula is C27H29ClFN3O4S. The van der Waals surface area contributed by atoms with E-state index in [2.05, 4.69) is 5.32 Å². The highest BCUT2D eigenvalue weighted by Gasteiger charge is 2.32.